The van der Waals surface area contributed by atoms with Crippen LogP contribution >= 0.6 is 0 Å². The Kier molecular flexibility index (Phi) is 2.70. The molecule has 3 atom stereocenters. The predicted molar refractivity (Wildman–Crippen MR) is 66.4 cm³/mol. The summed E-state index contributed by atoms with van der Waals surface area (Å²) >= 11 is 0. The Morgan fingerprint density at radius 3 is 2.80 bits per heavy atom. The number of carbonyl (C=O) groups excluding carboxylic acids is 2. The van der Waals surface area contributed by atoms with Crippen molar-refractivity contribution in [3.05, 3.63) is 29.6 Å². The van der Waals surface area contributed by atoms with Crippen LogP contribution in [0.5, 0.6) is 5.75 Å². The molecule has 1 saturated heterocycles. The van der Waals surface area contributed by atoms with Crippen molar-refractivity contribution >= 4 is 11.9 Å². The molecule has 0 spiro atoms. The van der Waals surface area contributed by atoms with Crippen molar-refractivity contribution in [3.63, 3.8) is 0 Å². The zero-order valence-electron chi connectivity index (χ0n) is 11.1. The van der Waals surface area contributed by atoms with Gasteiger partial charge < -0.3 is 14.8 Å². The number of piperidine rings is 1. The highest BCUT2D eigenvalue weighted by Crippen LogP contribution is 2.65. The van der Waals surface area contributed by atoms with Gasteiger partial charge >= 0.3 is 5.97 Å². The minimum Gasteiger partial charge on any atom is -0.497 e. The fourth-order valence-corrected chi connectivity index (χ4v) is 3.05. The summed E-state index contributed by atoms with van der Waals surface area (Å²) in [5.41, 5.74) is -0.720. The maximum Gasteiger partial charge on any atom is 0.315 e. The first-order valence-corrected chi connectivity index (χ1v) is 6.27. The van der Waals surface area contributed by atoms with E-state index in [0.717, 1.165) is 0 Å². The van der Waals surface area contributed by atoms with Gasteiger partial charge in [0.05, 0.1) is 26.2 Å². The van der Waals surface area contributed by atoms with Crippen LogP contribution in [0.1, 0.15) is 18.0 Å². The summed E-state index contributed by atoms with van der Waals surface area (Å²) in [6.07, 6.45) is 0.396. The second kappa shape index (κ2) is 4.19. The number of methoxy groups -OCH3 is 2. The lowest BCUT2D eigenvalue weighted by atomic mass is 9.90. The quantitative estimate of drug-likeness (QED) is 0.844. The zero-order valence-corrected chi connectivity index (χ0v) is 11.1. The summed E-state index contributed by atoms with van der Waals surface area (Å²) in [6, 6.07) is 3.56. The van der Waals surface area contributed by atoms with Crippen LogP contribution in [-0.4, -0.2) is 26.1 Å². The van der Waals surface area contributed by atoms with Gasteiger partial charge in [0.2, 0.25) is 5.91 Å². The van der Waals surface area contributed by atoms with Gasteiger partial charge in [-0.1, -0.05) is 0 Å². The van der Waals surface area contributed by atoms with E-state index < -0.39 is 29.2 Å². The van der Waals surface area contributed by atoms with E-state index in [0.29, 0.717) is 12.2 Å². The number of halogens is 1. The normalized spacial score (nSPS) is 30.4. The number of carbonyl (C=O) groups is 2. The van der Waals surface area contributed by atoms with Gasteiger partial charge in [0.1, 0.15) is 17.0 Å². The molecule has 1 aliphatic heterocycles. The van der Waals surface area contributed by atoms with Crippen LogP contribution in [0.4, 0.5) is 4.39 Å². The first-order chi connectivity index (χ1) is 9.54. The summed E-state index contributed by atoms with van der Waals surface area (Å²) in [4.78, 5) is 23.8. The highest BCUT2D eigenvalue weighted by atomic mass is 19.1. The molecule has 1 heterocycles. The van der Waals surface area contributed by atoms with E-state index in [4.69, 9.17) is 9.47 Å². The van der Waals surface area contributed by atoms with Crippen LogP contribution in [-0.2, 0) is 14.3 Å². The van der Waals surface area contributed by atoms with Gasteiger partial charge in [0.25, 0.3) is 0 Å². The standard InChI is InChI=1S/C14H14FNO4/c1-19-7-3-4-10(15)8(5-7)11-14(13(18)20-2)6-9(14)12(17)16-11/h3-5,9,11H,6H2,1-2H3,(H,16,17)/t9-,11?,14+/m1/s1. The molecule has 6 heteroatoms. The van der Waals surface area contributed by atoms with E-state index in [1.807, 2.05) is 0 Å². The van der Waals surface area contributed by atoms with Crippen molar-refractivity contribution in [2.75, 3.05) is 14.2 Å². The number of rotatable bonds is 3. The molecule has 20 heavy (non-hydrogen) atoms. The summed E-state index contributed by atoms with van der Waals surface area (Å²) in [5.74, 6) is -1.15. The van der Waals surface area contributed by atoms with Crippen LogP contribution < -0.4 is 10.1 Å². The number of benzene rings is 1. The topological polar surface area (TPSA) is 64.6 Å². The van der Waals surface area contributed by atoms with Crippen molar-refractivity contribution < 1.29 is 23.5 Å². The molecule has 0 radical (unpaired) electrons. The van der Waals surface area contributed by atoms with Gasteiger partial charge in [-0.3, -0.25) is 9.59 Å². The lowest BCUT2D eigenvalue weighted by Crippen LogP contribution is -2.32. The van der Waals surface area contributed by atoms with Crippen LogP contribution in [0, 0.1) is 17.2 Å². The third-order valence-corrected chi connectivity index (χ3v) is 4.20. The third kappa shape index (κ3) is 1.54. The highest BCUT2D eigenvalue weighted by Gasteiger charge is 2.73. The van der Waals surface area contributed by atoms with Crippen molar-refractivity contribution in [2.45, 2.75) is 12.5 Å². The second-order valence-corrected chi connectivity index (χ2v) is 5.12. The predicted octanol–water partition coefficient (Wildman–Crippen LogP) is 1.18. The van der Waals surface area contributed by atoms with E-state index in [-0.39, 0.29) is 11.5 Å². The van der Waals surface area contributed by atoms with E-state index >= 15 is 0 Å². The maximum atomic E-state index is 14.1. The SMILES string of the molecule is COC(=O)[C@@]12C[C@@H]1C(=O)NC2c1cc(OC)ccc1F. The molecular weight excluding hydrogens is 265 g/mol. The van der Waals surface area contributed by atoms with Crippen molar-refractivity contribution in [1.82, 2.24) is 5.32 Å². The molecule has 0 bridgehead atoms. The van der Waals surface area contributed by atoms with Gasteiger partial charge in [0, 0.05) is 5.56 Å². The molecule has 2 fully saturated rings. The summed E-state index contributed by atoms with van der Waals surface area (Å²) in [6.45, 7) is 0. The number of ether oxygens (including phenoxy) is 2. The Balaban J connectivity index is 2.05. The fraction of sp³-hybridized carbons (Fsp3) is 0.429. The van der Waals surface area contributed by atoms with Gasteiger partial charge in [-0.05, 0) is 24.6 Å². The van der Waals surface area contributed by atoms with Crippen molar-refractivity contribution in [1.29, 1.82) is 0 Å². The van der Waals surface area contributed by atoms with Gasteiger partial charge in [-0.15, -0.1) is 0 Å². The molecule has 1 unspecified atom stereocenters. The minimum atomic E-state index is -0.973. The highest BCUT2D eigenvalue weighted by molar-refractivity contribution is 5.98. The molecule has 1 aromatic rings. The first-order valence-electron chi connectivity index (χ1n) is 6.27. The van der Waals surface area contributed by atoms with Gasteiger partial charge in [-0.25, -0.2) is 4.39 Å². The number of amides is 1. The smallest absolute Gasteiger partial charge is 0.315 e. The number of hydrogen-bond acceptors (Lipinski definition) is 4. The Morgan fingerprint density at radius 1 is 1.45 bits per heavy atom. The van der Waals surface area contributed by atoms with E-state index in [1.165, 1.54) is 32.4 Å². The minimum absolute atomic E-state index is 0.234. The van der Waals surface area contributed by atoms with Crippen molar-refractivity contribution in [2.24, 2.45) is 11.3 Å². The summed E-state index contributed by atoms with van der Waals surface area (Å²) in [7, 11) is 2.74. The van der Waals surface area contributed by atoms with Crippen LogP contribution in [0.15, 0.2) is 18.2 Å². The molecule has 3 rings (SSSR count). The average Bonchev–Trinajstić information content (AvgIpc) is 3.15. The Hall–Kier alpha value is -2.11. The Morgan fingerprint density at radius 2 is 2.20 bits per heavy atom. The molecule has 1 aromatic carbocycles. The Labute approximate surface area is 115 Å². The zero-order chi connectivity index (χ0) is 14.5. The van der Waals surface area contributed by atoms with E-state index in [2.05, 4.69) is 5.32 Å². The molecule has 2 aliphatic rings. The number of esters is 1. The largest absolute Gasteiger partial charge is 0.497 e. The number of nitrogens with one attached hydrogen (secondary N) is 1. The first kappa shape index (κ1) is 12.9. The lowest BCUT2D eigenvalue weighted by Gasteiger charge is -2.22. The van der Waals surface area contributed by atoms with E-state index in [9.17, 15) is 14.0 Å². The number of hydrogen-bond donors (Lipinski definition) is 1. The lowest BCUT2D eigenvalue weighted by molar-refractivity contribution is -0.148. The molecule has 1 N–H and O–H groups in total. The van der Waals surface area contributed by atoms with Gasteiger partial charge in [-0.2, -0.15) is 0 Å². The Bertz CT molecular complexity index is 603. The average molecular weight is 279 g/mol. The van der Waals surface area contributed by atoms with Gasteiger partial charge in [0.15, 0.2) is 0 Å². The maximum absolute atomic E-state index is 14.1. The van der Waals surface area contributed by atoms with E-state index in [1.54, 1.807) is 0 Å². The molecule has 0 aromatic heterocycles. The van der Waals surface area contributed by atoms with Crippen LogP contribution in [0.3, 0.4) is 0 Å². The molecule has 5 nitrogen and oxygen atoms in total. The fourth-order valence-electron chi connectivity index (χ4n) is 3.05. The molecule has 1 amide bonds. The van der Waals surface area contributed by atoms with Crippen LogP contribution in [0.2, 0.25) is 0 Å². The second-order valence-electron chi connectivity index (χ2n) is 5.12. The molecule has 1 saturated carbocycles. The third-order valence-electron chi connectivity index (χ3n) is 4.20. The van der Waals surface area contributed by atoms with Crippen LogP contribution in [0.25, 0.3) is 0 Å². The monoisotopic (exact) mass is 279 g/mol. The summed E-state index contributed by atoms with van der Waals surface area (Å²) < 4.78 is 23.9. The number of fused-ring (bicyclic) bond motifs is 1. The molecule has 1 aliphatic carbocycles. The molecule has 106 valence electrons. The summed E-state index contributed by atoms with van der Waals surface area (Å²) in [5, 5.41) is 2.68. The van der Waals surface area contributed by atoms with Crippen molar-refractivity contribution in [3.8, 4) is 5.75 Å². The molecular formula is C14H14FNO4.